The standard InChI is InChI=1S/C12H12N4O3/c1-19-12(18)7-3-2-4-9(10(7)13)16-6-5-8(15-16)11(14)17/h2-6H,13H2,1H3,(H2,14,17). The Morgan fingerprint density at radius 1 is 1.32 bits per heavy atom. The Kier molecular flexibility index (Phi) is 3.19. The van der Waals surface area contributed by atoms with Gasteiger partial charge >= 0.3 is 5.97 Å². The quantitative estimate of drug-likeness (QED) is 0.610. The fourth-order valence-electron chi connectivity index (χ4n) is 1.63. The van der Waals surface area contributed by atoms with E-state index in [9.17, 15) is 9.59 Å². The van der Waals surface area contributed by atoms with E-state index in [1.807, 2.05) is 0 Å². The van der Waals surface area contributed by atoms with Crippen molar-refractivity contribution >= 4 is 17.6 Å². The molecule has 1 aromatic heterocycles. The van der Waals surface area contributed by atoms with E-state index < -0.39 is 11.9 Å². The summed E-state index contributed by atoms with van der Waals surface area (Å²) in [5, 5.41) is 3.98. The number of anilines is 1. The van der Waals surface area contributed by atoms with Crippen LogP contribution in [0.1, 0.15) is 20.8 Å². The molecule has 0 aliphatic heterocycles. The largest absolute Gasteiger partial charge is 0.465 e. The summed E-state index contributed by atoms with van der Waals surface area (Å²) in [4.78, 5) is 22.5. The Hall–Kier alpha value is -2.83. The lowest BCUT2D eigenvalue weighted by Crippen LogP contribution is -2.13. The molecular weight excluding hydrogens is 248 g/mol. The lowest BCUT2D eigenvalue weighted by molar-refractivity contribution is 0.0601. The van der Waals surface area contributed by atoms with Crippen LogP contribution in [0.4, 0.5) is 5.69 Å². The molecule has 2 aromatic rings. The Balaban J connectivity index is 2.50. The Bertz CT molecular complexity index is 648. The molecule has 0 fully saturated rings. The zero-order valence-corrected chi connectivity index (χ0v) is 10.2. The summed E-state index contributed by atoms with van der Waals surface area (Å²) in [6.45, 7) is 0. The van der Waals surface area contributed by atoms with Crippen LogP contribution in [-0.2, 0) is 4.74 Å². The number of para-hydroxylation sites is 1. The molecule has 7 nitrogen and oxygen atoms in total. The van der Waals surface area contributed by atoms with Gasteiger partial charge in [0, 0.05) is 6.20 Å². The molecule has 0 aliphatic carbocycles. The van der Waals surface area contributed by atoms with Gasteiger partial charge in [0.25, 0.3) is 5.91 Å². The van der Waals surface area contributed by atoms with Crippen molar-refractivity contribution in [3.05, 3.63) is 41.7 Å². The number of carbonyl (C=O) groups is 2. The van der Waals surface area contributed by atoms with Gasteiger partial charge in [-0.05, 0) is 18.2 Å². The molecule has 19 heavy (non-hydrogen) atoms. The number of hydrogen-bond acceptors (Lipinski definition) is 5. The highest BCUT2D eigenvalue weighted by molar-refractivity contribution is 5.97. The molecule has 98 valence electrons. The van der Waals surface area contributed by atoms with Crippen molar-refractivity contribution in [1.29, 1.82) is 0 Å². The number of benzene rings is 1. The minimum Gasteiger partial charge on any atom is -0.465 e. The molecule has 2 rings (SSSR count). The van der Waals surface area contributed by atoms with Crippen LogP contribution in [0.15, 0.2) is 30.5 Å². The fourth-order valence-corrected chi connectivity index (χ4v) is 1.63. The highest BCUT2D eigenvalue weighted by atomic mass is 16.5. The average Bonchev–Trinajstić information content (AvgIpc) is 2.87. The monoisotopic (exact) mass is 260 g/mol. The van der Waals surface area contributed by atoms with Gasteiger partial charge in [0.05, 0.1) is 24.0 Å². The fraction of sp³-hybridized carbons (Fsp3) is 0.0833. The molecule has 0 saturated heterocycles. The molecule has 0 aliphatic rings. The number of amides is 1. The number of esters is 1. The van der Waals surface area contributed by atoms with Gasteiger partial charge in [-0.1, -0.05) is 6.07 Å². The van der Waals surface area contributed by atoms with Crippen LogP contribution in [0.25, 0.3) is 5.69 Å². The molecule has 0 saturated carbocycles. The van der Waals surface area contributed by atoms with Crippen molar-refractivity contribution in [3.63, 3.8) is 0 Å². The van der Waals surface area contributed by atoms with E-state index in [2.05, 4.69) is 9.84 Å². The van der Waals surface area contributed by atoms with E-state index in [0.717, 1.165) is 0 Å². The zero-order chi connectivity index (χ0) is 14.0. The second-order valence-electron chi connectivity index (χ2n) is 3.74. The van der Waals surface area contributed by atoms with E-state index in [0.29, 0.717) is 5.69 Å². The van der Waals surface area contributed by atoms with Gasteiger partial charge in [-0.2, -0.15) is 5.10 Å². The molecule has 0 bridgehead atoms. The highest BCUT2D eigenvalue weighted by Gasteiger charge is 2.15. The number of nitrogens with zero attached hydrogens (tertiary/aromatic N) is 2. The molecule has 7 heteroatoms. The summed E-state index contributed by atoms with van der Waals surface area (Å²) in [5.74, 6) is -1.18. The predicted molar refractivity (Wildman–Crippen MR) is 67.8 cm³/mol. The second-order valence-corrected chi connectivity index (χ2v) is 3.74. The summed E-state index contributed by atoms with van der Waals surface area (Å²) >= 11 is 0. The first kappa shape index (κ1) is 12.6. The van der Waals surface area contributed by atoms with E-state index in [4.69, 9.17) is 11.5 Å². The molecule has 1 heterocycles. The molecule has 0 unspecified atom stereocenters. The van der Waals surface area contributed by atoms with Crippen LogP contribution in [0.5, 0.6) is 0 Å². The van der Waals surface area contributed by atoms with E-state index in [1.165, 1.54) is 24.1 Å². The second kappa shape index (κ2) is 4.81. The summed E-state index contributed by atoms with van der Waals surface area (Å²) in [7, 11) is 1.27. The van der Waals surface area contributed by atoms with E-state index in [1.54, 1.807) is 18.2 Å². The minimum absolute atomic E-state index is 0.114. The number of aromatic nitrogens is 2. The van der Waals surface area contributed by atoms with Crippen molar-refractivity contribution < 1.29 is 14.3 Å². The first-order chi connectivity index (χ1) is 9.04. The maximum absolute atomic E-state index is 11.5. The summed E-state index contributed by atoms with van der Waals surface area (Å²) < 4.78 is 6.01. The number of primary amides is 1. The lowest BCUT2D eigenvalue weighted by atomic mass is 10.1. The summed E-state index contributed by atoms with van der Waals surface area (Å²) in [6.07, 6.45) is 1.53. The number of nitrogen functional groups attached to an aromatic ring is 1. The van der Waals surface area contributed by atoms with Crippen LogP contribution < -0.4 is 11.5 Å². The maximum Gasteiger partial charge on any atom is 0.340 e. The molecule has 1 amide bonds. The molecule has 1 aromatic carbocycles. The molecule has 0 atom stereocenters. The Labute approximate surface area is 108 Å². The topological polar surface area (TPSA) is 113 Å². The van der Waals surface area contributed by atoms with Crippen LogP contribution in [-0.4, -0.2) is 28.8 Å². The van der Waals surface area contributed by atoms with Crippen molar-refractivity contribution in [3.8, 4) is 5.69 Å². The number of rotatable bonds is 3. The number of ether oxygens (including phenoxy) is 1. The van der Waals surface area contributed by atoms with Gasteiger partial charge < -0.3 is 16.2 Å². The minimum atomic E-state index is -0.638. The maximum atomic E-state index is 11.5. The number of carbonyl (C=O) groups excluding carboxylic acids is 2. The third kappa shape index (κ3) is 2.25. The first-order valence-corrected chi connectivity index (χ1v) is 5.37. The molecule has 4 N–H and O–H groups in total. The van der Waals surface area contributed by atoms with Crippen LogP contribution in [0.2, 0.25) is 0 Å². The van der Waals surface area contributed by atoms with Crippen LogP contribution in [0, 0.1) is 0 Å². The van der Waals surface area contributed by atoms with Gasteiger partial charge in [0.15, 0.2) is 0 Å². The van der Waals surface area contributed by atoms with Gasteiger partial charge in [-0.15, -0.1) is 0 Å². The van der Waals surface area contributed by atoms with Crippen molar-refractivity contribution in [2.45, 2.75) is 0 Å². The van der Waals surface area contributed by atoms with E-state index >= 15 is 0 Å². The van der Waals surface area contributed by atoms with Crippen molar-refractivity contribution in [2.75, 3.05) is 12.8 Å². The lowest BCUT2D eigenvalue weighted by Gasteiger charge is -2.09. The summed E-state index contributed by atoms with van der Waals surface area (Å²) in [6, 6.07) is 6.32. The van der Waals surface area contributed by atoms with Crippen LogP contribution >= 0.6 is 0 Å². The normalized spacial score (nSPS) is 10.2. The predicted octanol–water partition coefficient (Wildman–Crippen LogP) is 0.340. The number of nitrogens with two attached hydrogens (primary N) is 2. The molecule has 0 radical (unpaired) electrons. The third-order valence-corrected chi connectivity index (χ3v) is 2.58. The third-order valence-electron chi connectivity index (χ3n) is 2.58. The smallest absolute Gasteiger partial charge is 0.340 e. The first-order valence-electron chi connectivity index (χ1n) is 5.37. The Morgan fingerprint density at radius 2 is 2.05 bits per heavy atom. The van der Waals surface area contributed by atoms with Crippen LogP contribution in [0.3, 0.4) is 0 Å². The van der Waals surface area contributed by atoms with Crippen molar-refractivity contribution in [2.24, 2.45) is 5.73 Å². The number of hydrogen-bond donors (Lipinski definition) is 2. The SMILES string of the molecule is COC(=O)c1cccc(-n2ccc(C(N)=O)n2)c1N. The number of methoxy groups -OCH3 is 1. The summed E-state index contributed by atoms with van der Waals surface area (Å²) in [5.41, 5.74) is 12.1. The highest BCUT2D eigenvalue weighted by Crippen LogP contribution is 2.21. The van der Waals surface area contributed by atoms with Gasteiger partial charge in [-0.25, -0.2) is 9.48 Å². The molecular formula is C12H12N4O3. The average molecular weight is 260 g/mol. The van der Waals surface area contributed by atoms with Gasteiger partial charge in [0.1, 0.15) is 5.69 Å². The van der Waals surface area contributed by atoms with Gasteiger partial charge in [-0.3, -0.25) is 4.79 Å². The zero-order valence-electron chi connectivity index (χ0n) is 10.2. The van der Waals surface area contributed by atoms with Crippen molar-refractivity contribution in [1.82, 2.24) is 9.78 Å². The van der Waals surface area contributed by atoms with E-state index in [-0.39, 0.29) is 16.9 Å². The molecule has 0 spiro atoms. The van der Waals surface area contributed by atoms with Gasteiger partial charge in [0.2, 0.25) is 0 Å². The Morgan fingerprint density at radius 3 is 2.63 bits per heavy atom.